The van der Waals surface area contributed by atoms with Crippen LogP contribution in [0.2, 0.25) is 0 Å². The molecule has 0 aliphatic rings. The summed E-state index contributed by atoms with van der Waals surface area (Å²) < 4.78 is 3.11. The molecular formula is C18H25BrN2OS. The molecule has 2 rings (SSSR count). The van der Waals surface area contributed by atoms with Gasteiger partial charge in [0.25, 0.3) is 0 Å². The van der Waals surface area contributed by atoms with E-state index in [-0.39, 0.29) is 0 Å². The summed E-state index contributed by atoms with van der Waals surface area (Å²) in [5.41, 5.74) is 1.03. The third-order valence-corrected chi connectivity index (χ3v) is 3.42. The van der Waals surface area contributed by atoms with Crippen molar-refractivity contribution in [3.05, 3.63) is 59.9 Å². The second kappa shape index (κ2) is 16.9. The number of nitrogens with zero attached hydrogens (tertiary/aromatic N) is 2. The van der Waals surface area contributed by atoms with E-state index >= 15 is 0 Å². The van der Waals surface area contributed by atoms with Gasteiger partial charge in [-0.1, -0.05) is 53.4 Å². The van der Waals surface area contributed by atoms with Crippen molar-refractivity contribution in [2.75, 3.05) is 13.4 Å². The molecule has 1 N–H and O–H groups in total. The largest absolute Gasteiger partial charge is 0.400 e. The Morgan fingerprint density at radius 1 is 1.22 bits per heavy atom. The minimum Gasteiger partial charge on any atom is -0.400 e. The van der Waals surface area contributed by atoms with Gasteiger partial charge in [-0.2, -0.15) is 0 Å². The van der Waals surface area contributed by atoms with Crippen LogP contribution in [0.25, 0.3) is 0 Å². The predicted molar refractivity (Wildman–Crippen MR) is 106 cm³/mol. The Labute approximate surface area is 153 Å². The highest BCUT2D eigenvalue weighted by molar-refractivity contribution is 9.10. The fourth-order valence-corrected chi connectivity index (χ4v) is 2.16. The Morgan fingerprint density at radius 2 is 1.78 bits per heavy atom. The number of aromatic nitrogens is 2. The van der Waals surface area contributed by atoms with Gasteiger partial charge in [0.15, 0.2) is 5.16 Å². The predicted octanol–water partition coefficient (Wildman–Crippen LogP) is 4.86. The maximum atomic E-state index is 7.00. The van der Waals surface area contributed by atoms with E-state index in [1.54, 1.807) is 18.0 Å². The highest BCUT2D eigenvalue weighted by Crippen LogP contribution is 2.11. The van der Waals surface area contributed by atoms with E-state index in [1.165, 1.54) is 0 Å². The van der Waals surface area contributed by atoms with E-state index in [0.29, 0.717) is 6.54 Å². The molecule has 0 amide bonds. The van der Waals surface area contributed by atoms with Gasteiger partial charge in [0.1, 0.15) is 0 Å². The molecule has 3 nitrogen and oxygen atoms in total. The number of aliphatic hydroxyl groups excluding tert-OH is 1. The number of aliphatic hydroxyl groups is 1. The summed E-state index contributed by atoms with van der Waals surface area (Å²) in [5, 5.41) is 8.00. The fraction of sp³-hybridized carbons (Fsp3) is 0.278. The Balaban J connectivity index is 0. The molecule has 5 heteroatoms. The second-order valence-electron chi connectivity index (χ2n) is 3.35. The van der Waals surface area contributed by atoms with Crippen LogP contribution in [0.15, 0.2) is 59.4 Å². The van der Waals surface area contributed by atoms with Crippen LogP contribution in [-0.2, 0) is 6.54 Å². The Morgan fingerprint density at radius 3 is 2.30 bits per heavy atom. The van der Waals surface area contributed by atoms with Crippen LogP contribution >= 0.6 is 27.7 Å². The van der Waals surface area contributed by atoms with E-state index in [2.05, 4.69) is 45.9 Å². The zero-order chi connectivity index (χ0) is 18.1. The number of halogens is 1. The molecule has 1 aromatic heterocycles. The van der Waals surface area contributed by atoms with Crippen molar-refractivity contribution in [3.8, 4) is 11.8 Å². The molecule has 23 heavy (non-hydrogen) atoms. The first kappa shape index (κ1) is 23.8. The first-order valence-corrected chi connectivity index (χ1v) is 9.05. The zero-order valence-electron chi connectivity index (χ0n) is 14.2. The molecule has 0 saturated carbocycles. The summed E-state index contributed by atoms with van der Waals surface area (Å²) in [4.78, 5) is 4.22. The summed E-state index contributed by atoms with van der Waals surface area (Å²) in [7, 11) is 1.00. The van der Waals surface area contributed by atoms with Gasteiger partial charge in [-0.15, -0.1) is 13.2 Å². The summed E-state index contributed by atoms with van der Waals surface area (Å²) in [6.07, 6.45) is 5.76. The van der Waals surface area contributed by atoms with E-state index in [9.17, 15) is 0 Å². The van der Waals surface area contributed by atoms with Crippen molar-refractivity contribution < 1.29 is 5.11 Å². The molecule has 0 aliphatic heterocycles. The molecule has 1 aromatic carbocycles. The minimum absolute atomic E-state index is 0.673. The van der Waals surface area contributed by atoms with Gasteiger partial charge in [0.05, 0.1) is 6.54 Å². The Hall–Kier alpha value is -1.48. The normalized spacial score (nSPS) is 7.91. The van der Waals surface area contributed by atoms with Gasteiger partial charge in [-0.25, -0.2) is 4.98 Å². The molecule has 1 heterocycles. The lowest BCUT2D eigenvalue weighted by molar-refractivity contribution is 0.399. The molecular weight excluding hydrogens is 372 g/mol. The van der Waals surface area contributed by atoms with Crippen molar-refractivity contribution in [2.45, 2.75) is 25.5 Å². The van der Waals surface area contributed by atoms with E-state index in [0.717, 1.165) is 22.3 Å². The van der Waals surface area contributed by atoms with Gasteiger partial charge in [0, 0.05) is 29.5 Å². The van der Waals surface area contributed by atoms with E-state index in [4.69, 9.17) is 5.11 Å². The number of thioether (sulfide) groups is 1. The van der Waals surface area contributed by atoms with Crippen molar-refractivity contribution in [3.63, 3.8) is 0 Å². The first-order valence-electron chi connectivity index (χ1n) is 7.04. The maximum Gasteiger partial charge on any atom is 0.168 e. The molecule has 2 aromatic rings. The molecule has 0 spiro atoms. The lowest BCUT2D eigenvalue weighted by Gasteiger charge is -1.98. The maximum absolute atomic E-state index is 7.00. The number of imidazole rings is 1. The Bertz CT molecular complexity index is 571. The number of benzene rings is 1. The van der Waals surface area contributed by atoms with E-state index < -0.39 is 0 Å². The molecule has 0 aliphatic carbocycles. The van der Waals surface area contributed by atoms with Crippen molar-refractivity contribution in [1.29, 1.82) is 0 Å². The molecule has 0 atom stereocenters. The van der Waals surface area contributed by atoms with Gasteiger partial charge >= 0.3 is 0 Å². The Kier molecular flexibility index (Phi) is 17.5. The average molecular weight is 397 g/mol. The summed E-state index contributed by atoms with van der Waals surface area (Å²) in [6, 6.07) is 7.99. The summed E-state index contributed by atoms with van der Waals surface area (Å²) in [6.45, 7) is 10.7. The molecule has 0 bridgehead atoms. The highest BCUT2D eigenvalue weighted by Gasteiger charge is 1.97. The summed E-state index contributed by atoms with van der Waals surface area (Å²) >= 11 is 5.03. The van der Waals surface area contributed by atoms with Crippen LogP contribution in [0.3, 0.4) is 0 Å². The monoisotopic (exact) mass is 396 g/mol. The molecule has 0 saturated heterocycles. The van der Waals surface area contributed by atoms with Crippen molar-refractivity contribution >= 4 is 27.7 Å². The van der Waals surface area contributed by atoms with Gasteiger partial charge in [-0.05, 0) is 30.5 Å². The first-order chi connectivity index (χ1) is 11.3. The van der Waals surface area contributed by atoms with Crippen molar-refractivity contribution in [1.82, 2.24) is 9.55 Å². The second-order valence-corrected chi connectivity index (χ2v) is 5.04. The number of hydrogen-bond donors (Lipinski definition) is 1. The topological polar surface area (TPSA) is 38.1 Å². The van der Waals surface area contributed by atoms with Crippen LogP contribution < -0.4 is 0 Å². The number of hydrogen-bond acceptors (Lipinski definition) is 3. The average Bonchev–Trinajstić information content (AvgIpc) is 3.09. The lowest BCUT2D eigenvalue weighted by atomic mass is 10.2. The zero-order valence-corrected chi connectivity index (χ0v) is 16.6. The summed E-state index contributed by atoms with van der Waals surface area (Å²) in [5.74, 6) is 6.28. The van der Waals surface area contributed by atoms with Crippen LogP contribution in [0, 0.1) is 11.8 Å². The number of rotatable bonds is 2. The lowest BCUT2D eigenvalue weighted by Crippen LogP contribution is -1.95. The third kappa shape index (κ3) is 10.0. The van der Waals surface area contributed by atoms with Crippen LogP contribution in [-0.4, -0.2) is 28.0 Å². The minimum atomic E-state index is 0.673. The fourth-order valence-electron chi connectivity index (χ4n) is 1.37. The van der Waals surface area contributed by atoms with Gasteiger partial charge < -0.3 is 9.67 Å². The molecule has 0 unspecified atom stereocenters. The van der Waals surface area contributed by atoms with E-state index in [1.807, 2.05) is 55.1 Å². The van der Waals surface area contributed by atoms with Gasteiger partial charge in [-0.3, -0.25) is 0 Å². The highest BCUT2D eigenvalue weighted by atomic mass is 79.9. The molecule has 0 fully saturated rings. The molecule has 0 radical (unpaired) electrons. The molecule has 126 valence electrons. The SMILES string of the molecule is C=C.CC.CO.CSc1nccn1CC#Cc1ccc(Br)cc1. The van der Waals surface area contributed by atoms with Crippen LogP contribution in [0.1, 0.15) is 19.4 Å². The van der Waals surface area contributed by atoms with Crippen LogP contribution in [0.4, 0.5) is 0 Å². The smallest absolute Gasteiger partial charge is 0.168 e. The standard InChI is InChI=1S/C13H11BrN2S.C2H6.C2H4.CH4O/c1-17-13-15-8-10-16(13)9-2-3-11-4-6-12(14)7-5-11;3*1-2/h4-8,10H,9H2,1H3;1-2H3;1-2H2;2H,1H3. The van der Waals surface area contributed by atoms with Crippen molar-refractivity contribution in [2.24, 2.45) is 0 Å². The third-order valence-electron chi connectivity index (χ3n) is 2.19. The van der Waals surface area contributed by atoms with Gasteiger partial charge in [0.2, 0.25) is 0 Å². The van der Waals surface area contributed by atoms with Crippen LogP contribution in [0.5, 0.6) is 0 Å². The quantitative estimate of drug-likeness (QED) is 0.447.